The smallest absolute Gasteiger partial charge is 0.267 e. The molecule has 2 aromatic carbocycles. The van der Waals surface area contributed by atoms with E-state index in [1.807, 2.05) is 67.6 Å². The van der Waals surface area contributed by atoms with Crippen LogP contribution in [-0.2, 0) is 0 Å². The van der Waals surface area contributed by atoms with E-state index in [0.29, 0.717) is 4.53 Å². The average Bonchev–Trinajstić information content (AvgIpc) is 3.05. The van der Waals surface area contributed by atoms with Gasteiger partial charge in [0.15, 0.2) is 4.96 Å². The van der Waals surface area contributed by atoms with E-state index in [-0.39, 0.29) is 5.56 Å². The second-order valence-corrected chi connectivity index (χ2v) is 6.44. The molecule has 4 aromatic rings. The Morgan fingerprint density at radius 3 is 2.65 bits per heavy atom. The molecule has 23 heavy (non-hydrogen) atoms. The zero-order chi connectivity index (χ0) is 15.8. The molecule has 0 aliphatic rings. The van der Waals surface area contributed by atoms with Crippen molar-refractivity contribution < 1.29 is 0 Å². The Kier molecular flexibility index (Phi) is 3.32. The summed E-state index contributed by atoms with van der Waals surface area (Å²) in [4.78, 5) is 17.9. The van der Waals surface area contributed by atoms with Gasteiger partial charge in [-0.05, 0) is 36.3 Å². The van der Waals surface area contributed by atoms with Gasteiger partial charge in [0.05, 0.1) is 15.6 Å². The lowest BCUT2D eigenvalue weighted by Crippen LogP contribution is -2.22. The van der Waals surface area contributed by atoms with Crippen LogP contribution in [0.25, 0.3) is 28.1 Å². The molecule has 0 saturated carbocycles. The summed E-state index contributed by atoms with van der Waals surface area (Å²) >= 11 is 1.43. The highest BCUT2D eigenvalue weighted by Gasteiger charge is 2.10. The normalized spacial score (nSPS) is 13.3. The van der Waals surface area contributed by atoms with Crippen molar-refractivity contribution in [2.24, 2.45) is 0 Å². The quantitative estimate of drug-likeness (QED) is 0.567. The molecule has 0 aliphatic carbocycles. The third-order valence-corrected chi connectivity index (χ3v) is 4.67. The van der Waals surface area contributed by atoms with Crippen LogP contribution in [0, 0.1) is 0 Å². The van der Waals surface area contributed by atoms with Crippen molar-refractivity contribution in [1.82, 2.24) is 9.38 Å². The lowest BCUT2D eigenvalue weighted by molar-refractivity contribution is 1.19. The van der Waals surface area contributed by atoms with Crippen molar-refractivity contribution in [1.29, 1.82) is 0 Å². The molecule has 0 fully saturated rings. The van der Waals surface area contributed by atoms with Gasteiger partial charge in [-0.1, -0.05) is 59.9 Å². The molecule has 0 N–H and O–H groups in total. The summed E-state index contributed by atoms with van der Waals surface area (Å²) in [5.41, 5.74) is 3.90. The molecule has 0 bridgehead atoms. The van der Waals surface area contributed by atoms with E-state index in [9.17, 15) is 4.79 Å². The zero-order valence-electron chi connectivity index (χ0n) is 12.6. The molecule has 0 spiro atoms. The number of para-hydroxylation sites is 2. The maximum Gasteiger partial charge on any atom is 0.274 e. The third kappa shape index (κ3) is 2.47. The van der Waals surface area contributed by atoms with Crippen LogP contribution < -0.4 is 10.1 Å². The molecule has 0 aliphatic heterocycles. The molecule has 0 unspecified atom stereocenters. The van der Waals surface area contributed by atoms with E-state index in [2.05, 4.69) is 11.1 Å². The van der Waals surface area contributed by atoms with Crippen LogP contribution in [-0.4, -0.2) is 9.38 Å². The second-order valence-electron chi connectivity index (χ2n) is 5.43. The van der Waals surface area contributed by atoms with Crippen molar-refractivity contribution in [3.8, 4) is 0 Å². The number of benzene rings is 2. The van der Waals surface area contributed by atoms with Crippen molar-refractivity contribution in [2.75, 3.05) is 0 Å². The summed E-state index contributed by atoms with van der Waals surface area (Å²) in [6.07, 6.45) is 4.00. The molecule has 0 radical (unpaired) electrons. The number of hydrogen-bond donors (Lipinski definition) is 0. The number of allylic oxidation sites excluding steroid dienone is 1. The maximum absolute atomic E-state index is 12.7. The van der Waals surface area contributed by atoms with Gasteiger partial charge in [-0.15, -0.1) is 0 Å². The van der Waals surface area contributed by atoms with E-state index in [4.69, 9.17) is 0 Å². The van der Waals surface area contributed by atoms with Crippen molar-refractivity contribution >= 4 is 39.5 Å². The SMILES string of the molecule is CC(=C/c1ccccc1)/C=c1/sc2nc3ccccc3n2c1=O. The van der Waals surface area contributed by atoms with E-state index < -0.39 is 0 Å². The van der Waals surface area contributed by atoms with Crippen LogP contribution in [0.1, 0.15) is 12.5 Å². The maximum atomic E-state index is 12.7. The first-order chi connectivity index (χ1) is 11.2. The predicted molar refractivity (Wildman–Crippen MR) is 96.6 cm³/mol. The Balaban J connectivity index is 1.87. The molecule has 0 atom stereocenters. The van der Waals surface area contributed by atoms with Crippen molar-refractivity contribution in [2.45, 2.75) is 6.92 Å². The first-order valence-electron chi connectivity index (χ1n) is 7.37. The first kappa shape index (κ1) is 13.9. The van der Waals surface area contributed by atoms with Gasteiger partial charge in [0.1, 0.15) is 0 Å². The predicted octanol–water partition coefficient (Wildman–Crippen LogP) is 3.51. The van der Waals surface area contributed by atoms with Crippen LogP contribution in [0.2, 0.25) is 0 Å². The van der Waals surface area contributed by atoms with Crippen molar-refractivity contribution in [3.63, 3.8) is 0 Å². The summed E-state index contributed by atoms with van der Waals surface area (Å²) in [7, 11) is 0. The lowest BCUT2D eigenvalue weighted by Gasteiger charge is -1.93. The van der Waals surface area contributed by atoms with Gasteiger partial charge in [-0.2, -0.15) is 0 Å². The Labute approximate surface area is 136 Å². The number of nitrogens with zero attached hydrogens (tertiary/aromatic N) is 2. The number of imidazole rings is 1. The number of hydrogen-bond acceptors (Lipinski definition) is 3. The van der Waals surface area contributed by atoms with Crippen LogP contribution in [0.3, 0.4) is 0 Å². The minimum Gasteiger partial charge on any atom is -0.267 e. The molecule has 2 aromatic heterocycles. The highest BCUT2D eigenvalue weighted by Crippen LogP contribution is 2.15. The monoisotopic (exact) mass is 318 g/mol. The topological polar surface area (TPSA) is 34.4 Å². The minimum absolute atomic E-state index is 0.000452. The third-order valence-electron chi connectivity index (χ3n) is 3.70. The van der Waals surface area contributed by atoms with Gasteiger partial charge in [-0.25, -0.2) is 9.38 Å². The molecule has 4 rings (SSSR count). The van der Waals surface area contributed by atoms with Gasteiger partial charge in [0.2, 0.25) is 0 Å². The molecule has 0 amide bonds. The number of thiazole rings is 1. The Morgan fingerprint density at radius 2 is 1.83 bits per heavy atom. The molecule has 3 nitrogen and oxygen atoms in total. The molecule has 112 valence electrons. The summed E-state index contributed by atoms with van der Waals surface area (Å²) in [5.74, 6) is 0. The van der Waals surface area contributed by atoms with Gasteiger partial charge in [0.25, 0.3) is 5.56 Å². The number of fused-ring (bicyclic) bond motifs is 3. The molecular weight excluding hydrogens is 304 g/mol. The molecule has 4 heteroatoms. The summed E-state index contributed by atoms with van der Waals surface area (Å²) in [5, 5.41) is 0. The Hall–Kier alpha value is -2.72. The summed E-state index contributed by atoms with van der Waals surface area (Å²) < 4.78 is 2.41. The van der Waals surface area contributed by atoms with E-state index in [1.165, 1.54) is 11.3 Å². The van der Waals surface area contributed by atoms with Crippen LogP contribution >= 0.6 is 11.3 Å². The van der Waals surface area contributed by atoms with E-state index in [1.54, 1.807) is 4.40 Å². The standard InChI is InChI=1S/C19H14N2OS/c1-13(11-14-7-3-2-4-8-14)12-17-18(22)21-16-10-6-5-9-15(16)20-19(21)23-17/h2-12H,1H3/b13-11-,17-12+. The van der Waals surface area contributed by atoms with Gasteiger partial charge >= 0.3 is 0 Å². The van der Waals surface area contributed by atoms with Gasteiger partial charge in [0, 0.05) is 0 Å². The number of aromatic nitrogens is 2. The largest absolute Gasteiger partial charge is 0.274 e. The lowest BCUT2D eigenvalue weighted by atomic mass is 10.1. The first-order valence-corrected chi connectivity index (χ1v) is 8.19. The highest BCUT2D eigenvalue weighted by molar-refractivity contribution is 7.15. The van der Waals surface area contributed by atoms with Crippen LogP contribution in [0.15, 0.2) is 65.0 Å². The van der Waals surface area contributed by atoms with E-state index in [0.717, 1.165) is 27.1 Å². The van der Waals surface area contributed by atoms with Gasteiger partial charge < -0.3 is 0 Å². The molecule has 2 heterocycles. The fraction of sp³-hybridized carbons (Fsp3) is 0.0526. The summed E-state index contributed by atoms with van der Waals surface area (Å²) in [6, 6.07) is 17.8. The molecule has 0 saturated heterocycles. The fourth-order valence-corrected chi connectivity index (χ4v) is 3.71. The van der Waals surface area contributed by atoms with Crippen LogP contribution in [0.4, 0.5) is 0 Å². The summed E-state index contributed by atoms with van der Waals surface area (Å²) in [6.45, 7) is 2.01. The highest BCUT2D eigenvalue weighted by atomic mass is 32.1. The van der Waals surface area contributed by atoms with Crippen molar-refractivity contribution in [3.05, 3.63) is 80.6 Å². The van der Waals surface area contributed by atoms with E-state index >= 15 is 0 Å². The zero-order valence-corrected chi connectivity index (χ0v) is 13.4. The Morgan fingerprint density at radius 1 is 1.09 bits per heavy atom. The Bertz CT molecular complexity index is 1140. The average molecular weight is 318 g/mol. The van der Waals surface area contributed by atoms with Crippen LogP contribution in [0.5, 0.6) is 0 Å². The second kappa shape index (κ2) is 5.48. The minimum atomic E-state index is -0.000452. The molecular formula is C19H14N2OS. The fourth-order valence-electron chi connectivity index (χ4n) is 2.67. The van der Waals surface area contributed by atoms with Gasteiger partial charge in [-0.3, -0.25) is 4.79 Å². The number of rotatable bonds is 2.